The molecule has 0 bridgehead atoms. The number of hydrogen-bond acceptors (Lipinski definition) is 5. The zero-order chi connectivity index (χ0) is 14.2. The lowest BCUT2D eigenvalue weighted by Crippen LogP contribution is -2.53. The van der Waals surface area contributed by atoms with Crippen LogP contribution in [0, 0.1) is 6.92 Å². The number of ether oxygens (including phenoxy) is 2. The SMILES string of the molecule is CCc1nc(Cl)c(C)c(N2CCOC3(CCOC3)C2)n1. The van der Waals surface area contributed by atoms with Crippen molar-refractivity contribution in [3.8, 4) is 0 Å². The van der Waals surface area contributed by atoms with Crippen LogP contribution in [-0.2, 0) is 15.9 Å². The van der Waals surface area contributed by atoms with Gasteiger partial charge in [0.05, 0.1) is 19.8 Å². The number of aryl methyl sites for hydroxylation is 1. The van der Waals surface area contributed by atoms with Crippen LogP contribution in [0.1, 0.15) is 24.7 Å². The number of anilines is 1. The van der Waals surface area contributed by atoms with Crippen LogP contribution in [0.25, 0.3) is 0 Å². The van der Waals surface area contributed by atoms with Crippen molar-refractivity contribution in [3.63, 3.8) is 0 Å². The van der Waals surface area contributed by atoms with Gasteiger partial charge in [0, 0.05) is 31.6 Å². The van der Waals surface area contributed by atoms with Gasteiger partial charge in [-0.25, -0.2) is 9.97 Å². The highest BCUT2D eigenvalue weighted by Gasteiger charge is 2.41. The highest BCUT2D eigenvalue weighted by Crippen LogP contribution is 2.32. The minimum Gasteiger partial charge on any atom is -0.378 e. The Balaban J connectivity index is 1.90. The third-order valence-electron chi connectivity index (χ3n) is 4.04. The predicted molar refractivity (Wildman–Crippen MR) is 77.5 cm³/mol. The van der Waals surface area contributed by atoms with Crippen molar-refractivity contribution in [1.29, 1.82) is 0 Å². The lowest BCUT2D eigenvalue weighted by Gasteiger charge is -2.40. The second-order valence-corrected chi connectivity index (χ2v) is 5.85. The fraction of sp³-hybridized carbons (Fsp3) is 0.714. The van der Waals surface area contributed by atoms with Crippen LogP contribution in [0.2, 0.25) is 5.15 Å². The molecule has 0 aromatic carbocycles. The molecule has 1 atom stereocenters. The molecule has 0 radical (unpaired) electrons. The van der Waals surface area contributed by atoms with Crippen molar-refractivity contribution in [3.05, 3.63) is 16.5 Å². The Labute approximate surface area is 124 Å². The van der Waals surface area contributed by atoms with Gasteiger partial charge in [-0.05, 0) is 6.92 Å². The minimum atomic E-state index is -0.172. The van der Waals surface area contributed by atoms with Gasteiger partial charge in [-0.2, -0.15) is 0 Å². The Morgan fingerprint density at radius 3 is 2.90 bits per heavy atom. The van der Waals surface area contributed by atoms with Crippen LogP contribution >= 0.6 is 11.6 Å². The molecule has 3 rings (SSSR count). The molecule has 3 heterocycles. The maximum Gasteiger partial charge on any atom is 0.137 e. The Hall–Kier alpha value is -0.910. The first kappa shape index (κ1) is 14.0. The molecule has 6 heteroatoms. The van der Waals surface area contributed by atoms with Gasteiger partial charge in [-0.3, -0.25) is 0 Å². The molecular formula is C14H20ClN3O2. The second-order valence-electron chi connectivity index (χ2n) is 5.49. The summed E-state index contributed by atoms with van der Waals surface area (Å²) in [5.74, 6) is 1.73. The molecule has 0 saturated carbocycles. The van der Waals surface area contributed by atoms with E-state index in [2.05, 4.69) is 14.9 Å². The number of nitrogens with zero attached hydrogens (tertiary/aromatic N) is 3. The Morgan fingerprint density at radius 1 is 1.35 bits per heavy atom. The van der Waals surface area contributed by atoms with E-state index in [1.807, 2.05) is 13.8 Å². The van der Waals surface area contributed by atoms with Crippen LogP contribution in [0.5, 0.6) is 0 Å². The van der Waals surface area contributed by atoms with E-state index in [0.29, 0.717) is 18.4 Å². The van der Waals surface area contributed by atoms with Gasteiger partial charge in [-0.1, -0.05) is 18.5 Å². The monoisotopic (exact) mass is 297 g/mol. The van der Waals surface area contributed by atoms with Crippen molar-refractivity contribution < 1.29 is 9.47 Å². The Kier molecular flexibility index (Phi) is 3.84. The summed E-state index contributed by atoms with van der Waals surface area (Å²) < 4.78 is 11.5. The summed E-state index contributed by atoms with van der Waals surface area (Å²) in [6.45, 7) is 7.80. The summed E-state index contributed by atoms with van der Waals surface area (Å²) in [6, 6.07) is 0. The van der Waals surface area contributed by atoms with E-state index in [1.54, 1.807) is 0 Å². The van der Waals surface area contributed by atoms with Crippen molar-refractivity contribution in [1.82, 2.24) is 9.97 Å². The van der Waals surface area contributed by atoms with Gasteiger partial charge in [0.2, 0.25) is 0 Å². The molecular weight excluding hydrogens is 278 g/mol. The predicted octanol–water partition coefficient (Wildman–Crippen LogP) is 2.00. The fourth-order valence-electron chi connectivity index (χ4n) is 2.84. The lowest BCUT2D eigenvalue weighted by molar-refractivity contribution is -0.0581. The Morgan fingerprint density at radius 2 is 2.20 bits per heavy atom. The smallest absolute Gasteiger partial charge is 0.137 e. The lowest BCUT2D eigenvalue weighted by atomic mass is 10.0. The van der Waals surface area contributed by atoms with E-state index in [4.69, 9.17) is 21.1 Å². The number of halogens is 1. The summed E-state index contributed by atoms with van der Waals surface area (Å²) in [7, 11) is 0. The number of aromatic nitrogens is 2. The Bertz CT molecular complexity index is 503. The molecule has 2 saturated heterocycles. The van der Waals surface area contributed by atoms with E-state index in [1.165, 1.54) is 0 Å². The molecule has 2 aliphatic rings. The third-order valence-corrected chi connectivity index (χ3v) is 4.41. The van der Waals surface area contributed by atoms with Gasteiger partial charge in [0.1, 0.15) is 22.4 Å². The van der Waals surface area contributed by atoms with Crippen molar-refractivity contribution >= 4 is 17.4 Å². The van der Waals surface area contributed by atoms with Gasteiger partial charge in [0.25, 0.3) is 0 Å². The van der Waals surface area contributed by atoms with E-state index in [-0.39, 0.29) is 5.60 Å². The molecule has 110 valence electrons. The zero-order valence-electron chi connectivity index (χ0n) is 12.0. The van der Waals surface area contributed by atoms with Crippen LogP contribution in [-0.4, -0.2) is 48.5 Å². The molecule has 0 N–H and O–H groups in total. The molecule has 1 spiro atoms. The molecule has 0 amide bonds. The second kappa shape index (κ2) is 5.47. The average Bonchev–Trinajstić information content (AvgIpc) is 2.89. The van der Waals surface area contributed by atoms with Crippen molar-refractivity contribution in [2.75, 3.05) is 37.8 Å². The molecule has 2 aliphatic heterocycles. The first-order chi connectivity index (χ1) is 9.63. The number of rotatable bonds is 2. The van der Waals surface area contributed by atoms with Crippen molar-refractivity contribution in [2.24, 2.45) is 0 Å². The summed E-state index contributed by atoms with van der Waals surface area (Å²) in [5, 5.41) is 0.551. The molecule has 0 aliphatic carbocycles. The third kappa shape index (κ3) is 2.50. The van der Waals surface area contributed by atoms with Gasteiger partial charge in [-0.15, -0.1) is 0 Å². The minimum absolute atomic E-state index is 0.172. The van der Waals surface area contributed by atoms with Crippen LogP contribution < -0.4 is 4.90 Å². The summed E-state index contributed by atoms with van der Waals surface area (Å²) >= 11 is 6.23. The topological polar surface area (TPSA) is 47.5 Å². The van der Waals surface area contributed by atoms with E-state index < -0.39 is 0 Å². The van der Waals surface area contributed by atoms with Gasteiger partial charge < -0.3 is 14.4 Å². The van der Waals surface area contributed by atoms with E-state index in [9.17, 15) is 0 Å². The van der Waals surface area contributed by atoms with Crippen molar-refractivity contribution in [2.45, 2.75) is 32.3 Å². The highest BCUT2D eigenvalue weighted by molar-refractivity contribution is 6.30. The normalized spacial score (nSPS) is 26.4. The molecule has 5 nitrogen and oxygen atoms in total. The maximum atomic E-state index is 6.23. The summed E-state index contributed by atoms with van der Waals surface area (Å²) in [6.07, 6.45) is 1.73. The molecule has 2 fully saturated rings. The maximum absolute atomic E-state index is 6.23. The van der Waals surface area contributed by atoms with Gasteiger partial charge in [0.15, 0.2) is 0 Å². The summed E-state index contributed by atoms with van der Waals surface area (Å²) in [5.41, 5.74) is 0.772. The van der Waals surface area contributed by atoms with Crippen LogP contribution in [0.15, 0.2) is 0 Å². The molecule has 1 aromatic rings. The number of morpholine rings is 1. The van der Waals surface area contributed by atoms with Crippen LogP contribution in [0.4, 0.5) is 5.82 Å². The van der Waals surface area contributed by atoms with Crippen LogP contribution in [0.3, 0.4) is 0 Å². The largest absolute Gasteiger partial charge is 0.378 e. The van der Waals surface area contributed by atoms with E-state index >= 15 is 0 Å². The summed E-state index contributed by atoms with van der Waals surface area (Å²) in [4.78, 5) is 11.2. The molecule has 1 unspecified atom stereocenters. The highest BCUT2D eigenvalue weighted by atomic mass is 35.5. The average molecular weight is 298 g/mol. The fourth-order valence-corrected chi connectivity index (χ4v) is 3.02. The first-order valence-electron chi connectivity index (χ1n) is 7.13. The van der Waals surface area contributed by atoms with Gasteiger partial charge >= 0.3 is 0 Å². The first-order valence-corrected chi connectivity index (χ1v) is 7.51. The standard InChI is InChI=1S/C14H20ClN3O2/c1-3-11-16-12(15)10(2)13(17-11)18-5-7-20-14(8-18)4-6-19-9-14/h3-9H2,1-2H3. The van der Waals surface area contributed by atoms with E-state index in [0.717, 1.165) is 49.7 Å². The molecule has 20 heavy (non-hydrogen) atoms. The number of hydrogen-bond donors (Lipinski definition) is 0. The zero-order valence-corrected chi connectivity index (χ0v) is 12.7. The molecule has 1 aromatic heterocycles. The quantitative estimate of drug-likeness (QED) is 0.781.